The summed E-state index contributed by atoms with van der Waals surface area (Å²) in [6.07, 6.45) is 4.88. The van der Waals surface area contributed by atoms with Gasteiger partial charge in [0, 0.05) is 0 Å². The second-order valence-electron chi connectivity index (χ2n) is 2.31. The van der Waals surface area contributed by atoms with E-state index in [9.17, 15) is 0 Å². The van der Waals surface area contributed by atoms with Gasteiger partial charge in [0.2, 0.25) is 0 Å². The Balaban J connectivity index is 2.86. The number of hydrogen-bond donors (Lipinski definition) is 0. The minimum absolute atomic E-state index is 0.454. The molecule has 0 spiro atoms. The van der Waals surface area contributed by atoms with Gasteiger partial charge in [-0.3, -0.25) is 0 Å². The highest BCUT2D eigenvalue weighted by Crippen LogP contribution is 2.13. The van der Waals surface area contributed by atoms with Crippen molar-refractivity contribution in [3.8, 4) is 0 Å². The molecule has 0 nitrogen and oxygen atoms in total. The van der Waals surface area contributed by atoms with Crippen LogP contribution in [0.25, 0.3) is 0 Å². The molecule has 1 atom stereocenters. The van der Waals surface area contributed by atoms with E-state index in [4.69, 9.17) is 7.85 Å². The summed E-state index contributed by atoms with van der Waals surface area (Å²) in [5.74, 6) is 0.454. The van der Waals surface area contributed by atoms with Gasteiger partial charge in [-0.2, -0.15) is 0 Å². The maximum atomic E-state index is 5.66. The van der Waals surface area contributed by atoms with Gasteiger partial charge < -0.3 is 0 Å². The van der Waals surface area contributed by atoms with E-state index in [1.54, 1.807) is 0 Å². The van der Waals surface area contributed by atoms with Gasteiger partial charge in [0.1, 0.15) is 0 Å². The Hall–Kier alpha value is 0.0649. The number of hydrogen-bond acceptors (Lipinski definition) is 0. The first-order valence-electron chi connectivity index (χ1n) is 3.56. The topological polar surface area (TPSA) is 0 Å². The summed E-state index contributed by atoms with van der Waals surface area (Å²) in [6.45, 7) is 4.34. The van der Waals surface area contributed by atoms with Gasteiger partial charge in [-0.05, 0) is 0 Å². The van der Waals surface area contributed by atoms with Crippen LogP contribution in [0.4, 0.5) is 0 Å². The van der Waals surface area contributed by atoms with Gasteiger partial charge in [0.15, 0.2) is 0 Å². The maximum Gasteiger partial charge on any atom is 0.0699 e. The summed E-state index contributed by atoms with van der Waals surface area (Å²) in [5.41, 5.74) is 0. The van der Waals surface area contributed by atoms with Crippen molar-refractivity contribution in [1.29, 1.82) is 0 Å². The van der Waals surface area contributed by atoms with E-state index in [0.29, 0.717) is 5.82 Å². The molecule has 0 N–H and O–H groups in total. The van der Waals surface area contributed by atoms with E-state index < -0.39 is 0 Å². The molecule has 0 rings (SSSR count). The lowest BCUT2D eigenvalue weighted by molar-refractivity contribution is 0.655. The molecule has 0 aliphatic heterocycles. The Morgan fingerprint density at radius 2 is 2.00 bits per heavy atom. The minimum Gasteiger partial charge on any atom is -0.0776 e. The highest BCUT2D eigenvalue weighted by Gasteiger charge is 1.94. The molecule has 0 saturated carbocycles. The van der Waals surface area contributed by atoms with Gasteiger partial charge in [0.05, 0.1) is 7.85 Å². The summed E-state index contributed by atoms with van der Waals surface area (Å²) in [6, 6.07) is 0. The first-order valence-corrected chi connectivity index (χ1v) is 3.56. The summed E-state index contributed by atoms with van der Waals surface area (Å²) in [5, 5.41) is 0. The van der Waals surface area contributed by atoms with Crippen LogP contribution in [0.1, 0.15) is 39.5 Å². The van der Waals surface area contributed by atoms with Gasteiger partial charge in [-0.15, -0.1) is 0 Å². The van der Waals surface area contributed by atoms with E-state index >= 15 is 0 Å². The summed E-state index contributed by atoms with van der Waals surface area (Å²) >= 11 is 0. The molecule has 0 aromatic carbocycles. The van der Waals surface area contributed by atoms with Gasteiger partial charge in [-0.1, -0.05) is 45.3 Å². The van der Waals surface area contributed by atoms with E-state index in [-0.39, 0.29) is 0 Å². The lowest BCUT2D eigenvalue weighted by Gasteiger charge is -2.04. The lowest BCUT2D eigenvalue weighted by atomic mass is 9.81. The quantitative estimate of drug-likeness (QED) is 0.488. The molecule has 0 aliphatic rings. The molecule has 2 radical (unpaired) electrons. The smallest absolute Gasteiger partial charge is 0.0699 e. The Bertz CT molecular complexity index is 43.7. The first-order chi connectivity index (χ1) is 3.81. The molecule has 1 heteroatoms. The highest BCUT2D eigenvalue weighted by molar-refractivity contribution is 6.11. The Labute approximate surface area is 54.1 Å². The molecule has 8 heavy (non-hydrogen) atoms. The van der Waals surface area contributed by atoms with Crippen LogP contribution in [0, 0.1) is 0 Å². The second kappa shape index (κ2) is 5.21. The normalized spacial score (nSPS) is 13.8. The standard InChI is InChI=1S/C7H15B/c1-3-5-6-7(8)4-2/h7H,3-6H2,1-2H3. The number of rotatable bonds is 4. The highest BCUT2D eigenvalue weighted by atomic mass is 13.9. The largest absolute Gasteiger partial charge is 0.0776 e. The van der Waals surface area contributed by atoms with Crippen molar-refractivity contribution in [2.75, 3.05) is 0 Å². The van der Waals surface area contributed by atoms with Crippen LogP contribution in [0.2, 0.25) is 5.82 Å². The molecule has 0 aromatic rings. The van der Waals surface area contributed by atoms with Crippen LogP contribution >= 0.6 is 0 Å². The van der Waals surface area contributed by atoms with E-state index in [0.717, 1.165) is 6.42 Å². The molecule has 1 unspecified atom stereocenters. The summed E-state index contributed by atoms with van der Waals surface area (Å²) in [7, 11) is 5.66. The predicted molar refractivity (Wildman–Crippen MR) is 39.3 cm³/mol. The maximum absolute atomic E-state index is 5.66. The predicted octanol–water partition coefficient (Wildman–Crippen LogP) is 2.54. The van der Waals surface area contributed by atoms with Crippen LogP contribution in [0.3, 0.4) is 0 Å². The van der Waals surface area contributed by atoms with Crippen molar-refractivity contribution in [1.82, 2.24) is 0 Å². The van der Waals surface area contributed by atoms with E-state index in [2.05, 4.69) is 13.8 Å². The number of unbranched alkanes of at least 4 members (excludes halogenated alkanes) is 1. The minimum atomic E-state index is 0.454. The molecule has 0 aromatic heterocycles. The average Bonchev–Trinajstić information content (AvgIpc) is 1.83. The zero-order valence-corrected chi connectivity index (χ0v) is 5.98. The SMILES string of the molecule is [B]C(CC)CCCC. The van der Waals surface area contributed by atoms with Crippen molar-refractivity contribution in [3.63, 3.8) is 0 Å². The zero-order valence-electron chi connectivity index (χ0n) is 5.98. The van der Waals surface area contributed by atoms with Crippen molar-refractivity contribution < 1.29 is 0 Å². The molecule has 0 bridgehead atoms. The Morgan fingerprint density at radius 3 is 2.38 bits per heavy atom. The zero-order chi connectivity index (χ0) is 6.41. The fraction of sp³-hybridized carbons (Fsp3) is 1.00. The first kappa shape index (κ1) is 8.06. The van der Waals surface area contributed by atoms with Crippen LogP contribution in [-0.4, -0.2) is 7.85 Å². The molecule has 0 heterocycles. The molecule has 0 fully saturated rings. The molecule has 0 amide bonds. The van der Waals surface area contributed by atoms with E-state index in [1.165, 1.54) is 19.3 Å². The van der Waals surface area contributed by atoms with Crippen molar-refractivity contribution in [2.45, 2.75) is 45.3 Å². The average molecular weight is 110 g/mol. The van der Waals surface area contributed by atoms with Crippen LogP contribution < -0.4 is 0 Å². The molecule has 0 aliphatic carbocycles. The van der Waals surface area contributed by atoms with Crippen LogP contribution in [0.5, 0.6) is 0 Å². The van der Waals surface area contributed by atoms with Gasteiger partial charge in [0.25, 0.3) is 0 Å². The molecular formula is C7H15B. The summed E-state index contributed by atoms with van der Waals surface area (Å²) in [4.78, 5) is 0. The molecular weight excluding hydrogens is 94.9 g/mol. The Morgan fingerprint density at radius 1 is 1.38 bits per heavy atom. The van der Waals surface area contributed by atoms with E-state index in [1.807, 2.05) is 0 Å². The van der Waals surface area contributed by atoms with Gasteiger partial charge >= 0.3 is 0 Å². The van der Waals surface area contributed by atoms with Crippen LogP contribution in [0.15, 0.2) is 0 Å². The van der Waals surface area contributed by atoms with Crippen molar-refractivity contribution in [2.24, 2.45) is 0 Å². The lowest BCUT2D eigenvalue weighted by Crippen LogP contribution is -1.88. The third-order valence-corrected chi connectivity index (χ3v) is 1.45. The van der Waals surface area contributed by atoms with Crippen molar-refractivity contribution in [3.05, 3.63) is 0 Å². The summed E-state index contributed by atoms with van der Waals surface area (Å²) < 4.78 is 0. The van der Waals surface area contributed by atoms with Crippen molar-refractivity contribution >= 4 is 7.85 Å². The second-order valence-corrected chi connectivity index (χ2v) is 2.31. The fourth-order valence-electron chi connectivity index (χ4n) is 0.670. The third kappa shape index (κ3) is 4.23. The third-order valence-electron chi connectivity index (χ3n) is 1.45. The molecule has 0 saturated heterocycles. The fourth-order valence-corrected chi connectivity index (χ4v) is 0.670. The van der Waals surface area contributed by atoms with Crippen LogP contribution in [-0.2, 0) is 0 Å². The van der Waals surface area contributed by atoms with Gasteiger partial charge in [-0.25, -0.2) is 0 Å². The Kier molecular flexibility index (Phi) is 5.25. The monoisotopic (exact) mass is 110 g/mol. The molecule has 46 valence electrons.